The highest BCUT2D eigenvalue weighted by molar-refractivity contribution is 7.91. The number of H-pyrrole nitrogens is 1. The van der Waals surface area contributed by atoms with E-state index in [0.29, 0.717) is 22.0 Å². The first-order valence-corrected chi connectivity index (χ1v) is 9.11. The summed E-state index contributed by atoms with van der Waals surface area (Å²) in [6, 6.07) is 7.62. The molecule has 0 saturated carbocycles. The molecule has 21 heavy (non-hydrogen) atoms. The second kappa shape index (κ2) is 5.34. The van der Waals surface area contributed by atoms with Crippen molar-refractivity contribution in [3.05, 3.63) is 44.6 Å². The number of sulfonamides is 1. The minimum absolute atomic E-state index is 0.0219. The molecule has 0 aliphatic carbocycles. The van der Waals surface area contributed by atoms with Gasteiger partial charge in [0.05, 0.1) is 16.8 Å². The lowest BCUT2D eigenvalue weighted by Crippen LogP contribution is -2.23. The first-order valence-electron chi connectivity index (χ1n) is 5.99. The van der Waals surface area contributed by atoms with Crippen molar-refractivity contribution in [2.75, 3.05) is 0 Å². The molecule has 9 heteroatoms. The summed E-state index contributed by atoms with van der Waals surface area (Å²) in [4.78, 5) is 17.7. The van der Waals surface area contributed by atoms with Gasteiger partial charge in [0.15, 0.2) is 4.21 Å². The fourth-order valence-electron chi connectivity index (χ4n) is 1.86. The smallest absolute Gasteiger partial charge is 0.305 e. The van der Waals surface area contributed by atoms with Gasteiger partial charge < -0.3 is 4.98 Å². The maximum absolute atomic E-state index is 12.2. The molecule has 0 bridgehead atoms. The van der Waals surface area contributed by atoms with Crippen molar-refractivity contribution in [3.63, 3.8) is 0 Å². The number of nitrogens with zero attached hydrogens (tertiary/aromatic N) is 1. The normalized spacial score (nSPS) is 12.0. The average molecular weight is 341 g/mol. The summed E-state index contributed by atoms with van der Waals surface area (Å²) in [6.45, 7) is 1.66. The SMILES string of the molecule is Cc1[nH]c(=O)sc1S(=O)(=O)NCc1nc2ccccc2s1. The summed E-state index contributed by atoms with van der Waals surface area (Å²) in [7, 11) is -3.70. The van der Waals surface area contributed by atoms with Gasteiger partial charge >= 0.3 is 4.87 Å². The van der Waals surface area contributed by atoms with Crippen LogP contribution in [0.2, 0.25) is 0 Å². The Morgan fingerprint density at radius 3 is 2.71 bits per heavy atom. The quantitative estimate of drug-likeness (QED) is 0.757. The zero-order valence-electron chi connectivity index (χ0n) is 10.9. The van der Waals surface area contributed by atoms with Gasteiger partial charge in [-0.25, -0.2) is 18.1 Å². The Bertz CT molecular complexity index is 920. The van der Waals surface area contributed by atoms with Gasteiger partial charge in [0.1, 0.15) is 5.01 Å². The van der Waals surface area contributed by atoms with Crippen LogP contribution in [0.5, 0.6) is 0 Å². The number of aromatic nitrogens is 2. The fraction of sp³-hybridized carbons (Fsp3) is 0.167. The van der Waals surface area contributed by atoms with Crippen LogP contribution in [0, 0.1) is 6.92 Å². The van der Waals surface area contributed by atoms with Gasteiger partial charge in [-0.2, -0.15) is 0 Å². The Morgan fingerprint density at radius 1 is 1.29 bits per heavy atom. The minimum atomic E-state index is -3.70. The molecule has 0 aliphatic rings. The molecule has 0 atom stereocenters. The second-order valence-electron chi connectivity index (χ2n) is 4.33. The second-order valence-corrected chi connectivity index (χ2v) is 8.39. The number of fused-ring (bicyclic) bond motifs is 1. The summed E-state index contributed by atoms with van der Waals surface area (Å²) < 4.78 is 27.9. The fourth-order valence-corrected chi connectivity index (χ4v) is 5.19. The Kier molecular flexibility index (Phi) is 3.66. The Labute approximate surface area is 128 Å². The maximum atomic E-state index is 12.2. The molecule has 0 fully saturated rings. The van der Waals surface area contributed by atoms with E-state index in [0.717, 1.165) is 10.2 Å². The van der Waals surface area contributed by atoms with Crippen molar-refractivity contribution < 1.29 is 8.42 Å². The molecule has 6 nitrogen and oxygen atoms in total. The predicted molar refractivity (Wildman–Crippen MR) is 83.3 cm³/mol. The van der Waals surface area contributed by atoms with E-state index in [2.05, 4.69) is 14.7 Å². The van der Waals surface area contributed by atoms with Gasteiger partial charge in [-0.1, -0.05) is 23.5 Å². The van der Waals surface area contributed by atoms with Crippen LogP contribution in [0.15, 0.2) is 33.3 Å². The summed E-state index contributed by atoms with van der Waals surface area (Å²) in [5.74, 6) is 0. The van der Waals surface area contributed by atoms with Crippen LogP contribution < -0.4 is 9.60 Å². The van der Waals surface area contributed by atoms with Gasteiger partial charge in [-0.05, 0) is 19.1 Å². The third kappa shape index (κ3) is 2.91. The standard InChI is InChI=1S/C12H11N3O3S3/c1-7-11(20-12(16)14-7)21(17,18)13-6-10-15-8-4-2-3-5-9(8)19-10/h2-5,13H,6H2,1H3,(H,14,16). The lowest BCUT2D eigenvalue weighted by Gasteiger charge is -2.02. The van der Waals surface area contributed by atoms with E-state index in [1.807, 2.05) is 24.3 Å². The van der Waals surface area contributed by atoms with Gasteiger partial charge in [0.2, 0.25) is 0 Å². The highest BCUT2D eigenvalue weighted by Gasteiger charge is 2.20. The average Bonchev–Trinajstić information content (AvgIpc) is 2.99. The number of hydrogen-bond acceptors (Lipinski definition) is 6. The Balaban J connectivity index is 1.83. The van der Waals surface area contributed by atoms with Gasteiger partial charge in [0, 0.05) is 5.69 Å². The summed E-state index contributed by atoms with van der Waals surface area (Å²) in [5.41, 5.74) is 1.20. The minimum Gasteiger partial charge on any atom is -0.315 e. The van der Waals surface area contributed by atoms with Crippen LogP contribution in [0.25, 0.3) is 10.2 Å². The number of rotatable bonds is 4. The van der Waals surface area contributed by atoms with Crippen molar-refractivity contribution in [2.45, 2.75) is 17.7 Å². The molecule has 0 unspecified atom stereocenters. The van der Waals surface area contributed by atoms with Crippen LogP contribution in [-0.2, 0) is 16.6 Å². The molecule has 3 aromatic rings. The van der Waals surface area contributed by atoms with Gasteiger partial charge in [-0.3, -0.25) is 4.79 Å². The molecule has 1 aromatic carbocycles. The van der Waals surface area contributed by atoms with E-state index in [1.54, 1.807) is 6.92 Å². The molecule has 0 amide bonds. The molecule has 110 valence electrons. The lowest BCUT2D eigenvalue weighted by molar-refractivity contribution is 0.582. The Morgan fingerprint density at radius 2 is 2.05 bits per heavy atom. The highest BCUT2D eigenvalue weighted by Crippen LogP contribution is 2.22. The molecule has 0 radical (unpaired) electrons. The highest BCUT2D eigenvalue weighted by atomic mass is 32.2. The van der Waals surface area contributed by atoms with Crippen LogP contribution in [0.1, 0.15) is 10.7 Å². The zero-order valence-corrected chi connectivity index (χ0v) is 13.4. The number of hydrogen-bond donors (Lipinski definition) is 2. The summed E-state index contributed by atoms with van der Waals surface area (Å²) in [6.07, 6.45) is 0. The van der Waals surface area contributed by atoms with Crippen molar-refractivity contribution >= 4 is 42.9 Å². The Hall–Kier alpha value is -1.55. The van der Waals surface area contributed by atoms with E-state index in [1.165, 1.54) is 11.3 Å². The van der Waals surface area contributed by atoms with Crippen LogP contribution in [0.4, 0.5) is 0 Å². The van der Waals surface area contributed by atoms with Gasteiger partial charge in [0.25, 0.3) is 10.0 Å². The maximum Gasteiger partial charge on any atom is 0.305 e. The summed E-state index contributed by atoms with van der Waals surface area (Å²) in [5, 5.41) is 0.681. The van der Waals surface area contributed by atoms with Crippen molar-refractivity contribution in [1.82, 2.24) is 14.7 Å². The molecule has 0 saturated heterocycles. The number of para-hydroxylation sites is 1. The molecule has 2 heterocycles. The van der Waals surface area contributed by atoms with E-state index in [9.17, 15) is 13.2 Å². The molecular formula is C12H11N3O3S3. The van der Waals surface area contributed by atoms with Gasteiger partial charge in [-0.15, -0.1) is 11.3 Å². The topological polar surface area (TPSA) is 91.9 Å². The lowest BCUT2D eigenvalue weighted by atomic mass is 10.3. The number of nitrogens with one attached hydrogen (secondary N) is 2. The number of aromatic amines is 1. The number of thiazole rings is 2. The molecule has 2 N–H and O–H groups in total. The first-order chi connectivity index (χ1) is 9.95. The summed E-state index contributed by atoms with van der Waals surface area (Å²) >= 11 is 2.12. The number of benzene rings is 1. The van der Waals surface area contributed by atoms with E-state index < -0.39 is 10.0 Å². The van der Waals surface area contributed by atoms with Crippen molar-refractivity contribution in [2.24, 2.45) is 0 Å². The molecule has 3 rings (SSSR count). The van der Waals surface area contributed by atoms with Crippen LogP contribution >= 0.6 is 22.7 Å². The van der Waals surface area contributed by atoms with Crippen molar-refractivity contribution in [1.29, 1.82) is 0 Å². The zero-order chi connectivity index (χ0) is 15.0. The molecule has 0 aliphatic heterocycles. The predicted octanol–water partition coefficient (Wildman–Crippen LogP) is 1.83. The van der Waals surface area contributed by atoms with E-state index >= 15 is 0 Å². The van der Waals surface area contributed by atoms with Crippen LogP contribution in [-0.4, -0.2) is 18.4 Å². The number of aryl methyl sites for hydroxylation is 1. The third-order valence-electron chi connectivity index (χ3n) is 2.78. The largest absolute Gasteiger partial charge is 0.315 e. The van der Waals surface area contributed by atoms with Crippen LogP contribution in [0.3, 0.4) is 0 Å². The molecule has 2 aromatic heterocycles. The van der Waals surface area contributed by atoms with E-state index in [-0.39, 0.29) is 15.6 Å². The molecule has 0 spiro atoms. The monoisotopic (exact) mass is 341 g/mol. The van der Waals surface area contributed by atoms with E-state index in [4.69, 9.17) is 0 Å². The van der Waals surface area contributed by atoms with Crippen molar-refractivity contribution in [3.8, 4) is 0 Å². The third-order valence-corrected chi connectivity index (χ3v) is 6.82. The first kappa shape index (κ1) is 14.4. The molecular weight excluding hydrogens is 330 g/mol.